The van der Waals surface area contributed by atoms with E-state index < -0.39 is 0 Å². The quantitative estimate of drug-likeness (QED) is 0.440. The van der Waals surface area contributed by atoms with E-state index in [1.54, 1.807) is 12.1 Å². The molecule has 0 amide bonds. The van der Waals surface area contributed by atoms with E-state index in [-0.39, 0.29) is 11.7 Å². The van der Waals surface area contributed by atoms with Crippen LogP contribution in [0.15, 0.2) is 58.7 Å². The van der Waals surface area contributed by atoms with E-state index in [9.17, 15) is 5.11 Å². The Morgan fingerprint density at radius 3 is 2.57 bits per heavy atom. The maximum absolute atomic E-state index is 9.87. The van der Waals surface area contributed by atoms with Crippen LogP contribution in [0.3, 0.4) is 0 Å². The molecule has 0 aromatic heterocycles. The highest BCUT2D eigenvalue weighted by atomic mass is 16.5. The summed E-state index contributed by atoms with van der Waals surface area (Å²) in [5.74, 6) is 0.457. The Balaban J connectivity index is 2.02. The van der Waals surface area contributed by atoms with E-state index in [1.807, 2.05) is 30.3 Å². The highest BCUT2D eigenvalue weighted by Crippen LogP contribution is 2.23. The number of hydrogen-bond donors (Lipinski definition) is 3. The van der Waals surface area contributed by atoms with Crippen LogP contribution < -0.4 is 16.2 Å². The first kappa shape index (κ1) is 14.4. The zero-order valence-corrected chi connectivity index (χ0v) is 11.3. The lowest BCUT2D eigenvalue weighted by Gasteiger charge is -2.07. The minimum Gasteiger partial charge on any atom is -0.507 e. The number of hydrogen-bond acceptors (Lipinski definition) is 4. The van der Waals surface area contributed by atoms with Gasteiger partial charge in [0.05, 0.1) is 6.21 Å². The van der Waals surface area contributed by atoms with Crippen molar-refractivity contribution in [3.8, 4) is 11.5 Å². The number of nitrogens with zero attached hydrogens (tertiary/aromatic N) is 2. The molecule has 0 aliphatic carbocycles. The van der Waals surface area contributed by atoms with Gasteiger partial charge in [0, 0.05) is 11.6 Å². The third-order valence-electron chi connectivity index (χ3n) is 2.62. The summed E-state index contributed by atoms with van der Waals surface area (Å²) in [5.41, 5.74) is 11.8. The SMILES string of the molecule is NC(N)=NN=Cc1ccc(OCc2ccccc2)cc1O. The smallest absolute Gasteiger partial charge is 0.211 e. The van der Waals surface area contributed by atoms with Crippen molar-refractivity contribution in [3.05, 3.63) is 59.7 Å². The van der Waals surface area contributed by atoms with Crippen LogP contribution in [0.5, 0.6) is 11.5 Å². The normalized spacial score (nSPS) is 10.5. The number of nitrogens with two attached hydrogens (primary N) is 2. The topological polar surface area (TPSA) is 106 Å². The van der Waals surface area contributed by atoms with Crippen LogP contribution in [-0.4, -0.2) is 17.3 Å². The van der Waals surface area contributed by atoms with Crippen LogP contribution in [0.25, 0.3) is 0 Å². The number of ether oxygens (including phenoxy) is 1. The second kappa shape index (κ2) is 6.95. The Hall–Kier alpha value is -3.02. The number of guanidine groups is 1. The van der Waals surface area contributed by atoms with Crippen molar-refractivity contribution in [1.82, 2.24) is 0 Å². The molecule has 2 aromatic carbocycles. The van der Waals surface area contributed by atoms with Gasteiger partial charge < -0.3 is 21.3 Å². The standard InChI is InChI=1S/C15H16N4O2/c16-15(17)19-18-9-12-6-7-13(8-14(12)20)21-10-11-4-2-1-3-5-11/h1-9,20H,10H2,(H4,16,17,19). The van der Waals surface area contributed by atoms with Crippen LogP contribution in [0.1, 0.15) is 11.1 Å². The summed E-state index contributed by atoms with van der Waals surface area (Å²) in [6.45, 7) is 0.432. The third-order valence-corrected chi connectivity index (χ3v) is 2.62. The van der Waals surface area contributed by atoms with Crippen LogP contribution in [0.4, 0.5) is 0 Å². The second-order valence-corrected chi connectivity index (χ2v) is 4.26. The lowest BCUT2D eigenvalue weighted by molar-refractivity contribution is 0.304. The largest absolute Gasteiger partial charge is 0.507 e. The molecule has 2 aromatic rings. The van der Waals surface area contributed by atoms with Crippen molar-refractivity contribution in [2.45, 2.75) is 6.61 Å². The Kier molecular flexibility index (Phi) is 4.76. The molecule has 0 unspecified atom stereocenters. The first-order valence-corrected chi connectivity index (χ1v) is 6.27. The predicted molar refractivity (Wildman–Crippen MR) is 82.3 cm³/mol. The molecular formula is C15H16N4O2. The molecule has 0 spiro atoms. The number of phenols is 1. The molecule has 6 nitrogen and oxygen atoms in total. The molecule has 0 saturated carbocycles. The van der Waals surface area contributed by atoms with Gasteiger partial charge in [0.25, 0.3) is 0 Å². The summed E-state index contributed by atoms with van der Waals surface area (Å²) in [6, 6.07) is 14.7. The lowest BCUT2D eigenvalue weighted by Crippen LogP contribution is -2.21. The number of aromatic hydroxyl groups is 1. The maximum atomic E-state index is 9.87. The van der Waals surface area contributed by atoms with Crippen molar-refractivity contribution in [3.63, 3.8) is 0 Å². The van der Waals surface area contributed by atoms with Gasteiger partial charge in [-0.1, -0.05) is 30.3 Å². The van der Waals surface area contributed by atoms with Crippen molar-refractivity contribution in [2.75, 3.05) is 0 Å². The molecule has 6 heteroatoms. The van der Waals surface area contributed by atoms with Gasteiger partial charge in [-0.15, -0.1) is 5.10 Å². The molecule has 0 radical (unpaired) electrons. The average Bonchev–Trinajstić information content (AvgIpc) is 2.48. The van der Waals surface area contributed by atoms with Gasteiger partial charge in [0.2, 0.25) is 5.96 Å². The van der Waals surface area contributed by atoms with E-state index in [0.29, 0.717) is 17.9 Å². The van der Waals surface area contributed by atoms with Gasteiger partial charge in [0.15, 0.2) is 0 Å². The highest BCUT2D eigenvalue weighted by Gasteiger charge is 2.02. The predicted octanol–water partition coefficient (Wildman–Crippen LogP) is 1.58. The summed E-state index contributed by atoms with van der Waals surface area (Å²) < 4.78 is 5.60. The molecular weight excluding hydrogens is 268 g/mol. The van der Waals surface area contributed by atoms with Crippen molar-refractivity contribution in [1.29, 1.82) is 0 Å². The first-order chi connectivity index (χ1) is 10.1. The van der Waals surface area contributed by atoms with Crippen LogP contribution >= 0.6 is 0 Å². The molecule has 21 heavy (non-hydrogen) atoms. The van der Waals surface area contributed by atoms with Crippen molar-refractivity contribution in [2.24, 2.45) is 21.7 Å². The minimum atomic E-state index is -0.145. The van der Waals surface area contributed by atoms with Gasteiger partial charge in [-0.05, 0) is 17.7 Å². The van der Waals surface area contributed by atoms with E-state index >= 15 is 0 Å². The highest BCUT2D eigenvalue weighted by molar-refractivity contribution is 5.84. The zero-order valence-electron chi connectivity index (χ0n) is 11.3. The molecule has 108 valence electrons. The fourth-order valence-electron chi connectivity index (χ4n) is 1.62. The van der Waals surface area contributed by atoms with Gasteiger partial charge in [0.1, 0.15) is 18.1 Å². The van der Waals surface area contributed by atoms with Crippen LogP contribution in [-0.2, 0) is 6.61 Å². The van der Waals surface area contributed by atoms with Crippen LogP contribution in [0.2, 0.25) is 0 Å². The Labute approximate surface area is 122 Å². The first-order valence-electron chi connectivity index (χ1n) is 6.27. The molecule has 0 saturated heterocycles. The molecule has 0 atom stereocenters. The van der Waals surface area contributed by atoms with Gasteiger partial charge in [-0.25, -0.2) is 0 Å². The summed E-state index contributed by atoms with van der Waals surface area (Å²) in [5, 5.41) is 17.0. The maximum Gasteiger partial charge on any atom is 0.211 e. The number of phenolic OH excluding ortho intramolecular Hbond substituents is 1. The Morgan fingerprint density at radius 2 is 1.90 bits per heavy atom. The number of rotatable bonds is 5. The lowest BCUT2D eigenvalue weighted by atomic mass is 10.2. The fraction of sp³-hybridized carbons (Fsp3) is 0.0667. The van der Waals surface area contributed by atoms with Gasteiger partial charge >= 0.3 is 0 Å². The summed E-state index contributed by atoms with van der Waals surface area (Å²) in [7, 11) is 0. The fourth-order valence-corrected chi connectivity index (χ4v) is 1.62. The summed E-state index contributed by atoms with van der Waals surface area (Å²) >= 11 is 0. The van der Waals surface area contributed by atoms with Gasteiger partial charge in [-0.2, -0.15) is 5.10 Å². The van der Waals surface area contributed by atoms with E-state index in [0.717, 1.165) is 5.56 Å². The van der Waals surface area contributed by atoms with Crippen LogP contribution in [0, 0.1) is 0 Å². The molecule has 5 N–H and O–H groups in total. The minimum absolute atomic E-state index is 0.0371. The summed E-state index contributed by atoms with van der Waals surface area (Å²) in [6.07, 6.45) is 1.36. The zero-order chi connectivity index (χ0) is 15.1. The number of benzene rings is 2. The van der Waals surface area contributed by atoms with Gasteiger partial charge in [-0.3, -0.25) is 0 Å². The van der Waals surface area contributed by atoms with E-state index in [4.69, 9.17) is 16.2 Å². The monoisotopic (exact) mass is 284 g/mol. The molecule has 0 heterocycles. The van der Waals surface area contributed by atoms with Crippen molar-refractivity contribution >= 4 is 12.2 Å². The Morgan fingerprint density at radius 1 is 1.14 bits per heavy atom. The molecule has 0 fully saturated rings. The average molecular weight is 284 g/mol. The molecule has 0 bridgehead atoms. The third kappa shape index (κ3) is 4.54. The Bertz CT molecular complexity index is 650. The second-order valence-electron chi connectivity index (χ2n) is 4.26. The van der Waals surface area contributed by atoms with E-state index in [1.165, 1.54) is 12.3 Å². The van der Waals surface area contributed by atoms with Crippen molar-refractivity contribution < 1.29 is 9.84 Å². The molecule has 2 rings (SSSR count). The van der Waals surface area contributed by atoms with E-state index in [2.05, 4.69) is 10.2 Å². The summed E-state index contributed by atoms with van der Waals surface area (Å²) in [4.78, 5) is 0. The molecule has 0 aliphatic heterocycles. The molecule has 0 aliphatic rings.